The third-order valence-electron chi connectivity index (χ3n) is 4.55. The van der Waals surface area contributed by atoms with Crippen LogP contribution < -0.4 is 5.32 Å². The fraction of sp³-hybridized carbons (Fsp3) is 0.200. The van der Waals surface area contributed by atoms with Gasteiger partial charge in [-0.15, -0.1) is 0 Å². The Morgan fingerprint density at radius 1 is 1.00 bits per heavy atom. The molecule has 0 fully saturated rings. The van der Waals surface area contributed by atoms with Gasteiger partial charge in [0.25, 0.3) is 0 Å². The van der Waals surface area contributed by atoms with E-state index in [0.717, 1.165) is 13.0 Å². The van der Waals surface area contributed by atoms with Crippen molar-refractivity contribution in [2.24, 2.45) is 0 Å². The second-order valence-corrected chi connectivity index (χ2v) is 5.84. The molecule has 22 heavy (non-hydrogen) atoms. The summed E-state index contributed by atoms with van der Waals surface area (Å²) < 4.78 is 2.31. The number of rotatable bonds is 2. The fourth-order valence-electron chi connectivity index (χ4n) is 3.30. The van der Waals surface area contributed by atoms with E-state index in [1.54, 1.807) is 0 Å². The van der Waals surface area contributed by atoms with E-state index >= 15 is 0 Å². The summed E-state index contributed by atoms with van der Waals surface area (Å²) in [6, 6.07) is 22.2. The first-order chi connectivity index (χ1) is 10.9. The molecule has 2 nitrogen and oxygen atoms in total. The highest BCUT2D eigenvalue weighted by Crippen LogP contribution is 2.30. The Bertz CT molecular complexity index is 783. The molecule has 1 aliphatic heterocycles. The lowest BCUT2D eigenvalue weighted by molar-refractivity contribution is 0.601. The molecule has 4 rings (SSSR count). The predicted octanol–water partition coefficient (Wildman–Crippen LogP) is 4.23. The van der Waals surface area contributed by atoms with E-state index in [2.05, 4.69) is 83.7 Å². The summed E-state index contributed by atoms with van der Waals surface area (Å²) >= 11 is 0. The average Bonchev–Trinajstić information content (AvgIpc) is 3.00. The number of nitrogens with zero attached hydrogens (tertiary/aromatic N) is 1. The van der Waals surface area contributed by atoms with Crippen LogP contribution in [-0.2, 0) is 13.0 Å². The normalized spacial score (nSPS) is 16.7. The van der Waals surface area contributed by atoms with E-state index in [4.69, 9.17) is 0 Å². The summed E-state index contributed by atoms with van der Waals surface area (Å²) in [7, 11) is 0. The molecule has 1 aliphatic rings. The highest BCUT2D eigenvalue weighted by Gasteiger charge is 2.22. The van der Waals surface area contributed by atoms with Crippen LogP contribution in [0.1, 0.15) is 35.3 Å². The van der Waals surface area contributed by atoms with E-state index in [-0.39, 0.29) is 6.04 Å². The molecular weight excluding hydrogens is 268 g/mol. The summed E-state index contributed by atoms with van der Waals surface area (Å²) in [4.78, 5) is 0. The number of aryl methyl sites for hydroxylation is 1. The van der Waals surface area contributed by atoms with Crippen LogP contribution in [0.4, 0.5) is 0 Å². The van der Waals surface area contributed by atoms with Crippen molar-refractivity contribution < 1.29 is 0 Å². The molecule has 2 heteroatoms. The van der Waals surface area contributed by atoms with Crippen molar-refractivity contribution in [2.75, 3.05) is 0 Å². The first-order valence-electron chi connectivity index (χ1n) is 7.94. The predicted molar refractivity (Wildman–Crippen MR) is 90.3 cm³/mol. The van der Waals surface area contributed by atoms with Gasteiger partial charge in [-0.2, -0.15) is 0 Å². The molecule has 0 unspecified atom stereocenters. The molecule has 1 aromatic heterocycles. The topological polar surface area (TPSA) is 17.0 Å². The lowest BCUT2D eigenvalue weighted by Crippen LogP contribution is -2.21. The van der Waals surface area contributed by atoms with Gasteiger partial charge in [-0.05, 0) is 41.3 Å². The van der Waals surface area contributed by atoms with E-state index in [9.17, 15) is 0 Å². The Hall–Kier alpha value is -2.32. The monoisotopic (exact) mass is 288 g/mol. The van der Waals surface area contributed by atoms with Gasteiger partial charge in [0.2, 0.25) is 0 Å². The van der Waals surface area contributed by atoms with Crippen molar-refractivity contribution in [1.29, 1.82) is 0 Å². The second kappa shape index (κ2) is 5.47. The summed E-state index contributed by atoms with van der Waals surface area (Å²) in [5, 5.41) is 3.71. The molecule has 1 atom stereocenters. The molecule has 0 amide bonds. The van der Waals surface area contributed by atoms with Crippen LogP contribution in [0.15, 0.2) is 66.9 Å². The van der Waals surface area contributed by atoms with Crippen molar-refractivity contribution in [3.63, 3.8) is 0 Å². The van der Waals surface area contributed by atoms with Crippen molar-refractivity contribution in [3.8, 4) is 5.69 Å². The van der Waals surface area contributed by atoms with Crippen molar-refractivity contribution in [3.05, 3.63) is 89.2 Å². The number of fused-ring (bicyclic) bond motifs is 3. The van der Waals surface area contributed by atoms with Gasteiger partial charge in [0.05, 0.1) is 6.04 Å². The van der Waals surface area contributed by atoms with Gasteiger partial charge in [-0.25, -0.2) is 0 Å². The Balaban J connectivity index is 1.80. The van der Waals surface area contributed by atoms with Gasteiger partial charge in [0.1, 0.15) is 0 Å². The van der Waals surface area contributed by atoms with Gasteiger partial charge >= 0.3 is 0 Å². The first kappa shape index (κ1) is 13.4. The van der Waals surface area contributed by atoms with Crippen molar-refractivity contribution in [2.45, 2.75) is 25.9 Å². The number of para-hydroxylation sites is 1. The third-order valence-corrected chi connectivity index (χ3v) is 4.55. The van der Waals surface area contributed by atoms with Crippen LogP contribution in [0.5, 0.6) is 0 Å². The zero-order valence-corrected chi connectivity index (χ0v) is 12.8. The highest BCUT2D eigenvalue weighted by molar-refractivity contribution is 5.46. The van der Waals surface area contributed by atoms with Crippen molar-refractivity contribution in [1.82, 2.24) is 9.88 Å². The maximum absolute atomic E-state index is 3.71. The molecule has 0 spiro atoms. The molecule has 110 valence electrons. The van der Waals surface area contributed by atoms with Crippen molar-refractivity contribution >= 4 is 0 Å². The van der Waals surface area contributed by atoms with E-state index < -0.39 is 0 Å². The molecule has 0 saturated heterocycles. The summed E-state index contributed by atoms with van der Waals surface area (Å²) in [6.07, 6.45) is 3.24. The summed E-state index contributed by atoms with van der Waals surface area (Å²) in [5.74, 6) is 0. The number of nitrogens with one attached hydrogen (secondary N) is 1. The molecule has 3 aromatic rings. The molecule has 0 saturated carbocycles. The largest absolute Gasteiger partial charge is 0.319 e. The van der Waals surface area contributed by atoms with Crippen LogP contribution in [0.2, 0.25) is 0 Å². The minimum absolute atomic E-state index is 0.230. The second-order valence-electron chi connectivity index (χ2n) is 5.84. The maximum atomic E-state index is 3.71. The Kier molecular flexibility index (Phi) is 3.32. The van der Waals surface area contributed by atoms with E-state index in [0.29, 0.717) is 0 Å². The van der Waals surface area contributed by atoms with Crippen LogP contribution in [0.3, 0.4) is 0 Å². The van der Waals surface area contributed by atoms with E-state index in [1.807, 2.05) is 0 Å². The zero-order chi connectivity index (χ0) is 14.9. The lowest BCUT2D eigenvalue weighted by Gasteiger charge is -2.18. The quantitative estimate of drug-likeness (QED) is 0.746. The Morgan fingerprint density at radius 3 is 2.64 bits per heavy atom. The van der Waals surface area contributed by atoms with Gasteiger partial charge in [0, 0.05) is 24.1 Å². The van der Waals surface area contributed by atoms with Crippen LogP contribution in [-0.4, -0.2) is 4.57 Å². The zero-order valence-electron chi connectivity index (χ0n) is 12.8. The molecular formula is C20H20N2. The minimum Gasteiger partial charge on any atom is -0.319 e. The standard InChI is InChI=1S/C20H20N2/c1-2-15-9-11-16(12-10-15)20-19-8-5-13-22(19)18-7-4-3-6-17(18)14-21-20/h3-13,20-21H,2,14H2,1H3/t20-/m0/s1. The Morgan fingerprint density at radius 2 is 1.82 bits per heavy atom. The van der Waals surface area contributed by atoms with Gasteiger partial charge in [-0.1, -0.05) is 49.4 Å². The lowest BCUT2D eigenvalue weighted by atomic mass is 10.0. The number of aromatic nitrogens is 1. The van der Waals surface area contributed by atoms with Gasteiger partial charge < -0.3 is 9.88 Å². The fourth-order valence-corrected chi connectivity index (χ4v) is 3.30. The maximum Gasteiger partial charge on any atom is 0.0737 e. The van der Waals surface area contributed by atoms with Gasteiger partial charge in [-0.3, -0.25) is 0 Å². The summed E-state index contributed by atoms with van der Waals surface area (Å²) in [6.45, 7) is 3.08. The highest BCUT2D eigenvalue weighted by atomic mass is 15.1. The first-order valence-corrected chi connectivity index (χ1v) is 7.94. The molecule has 1 N–H and O–H groups in total. The van der Waals surface area contributed by atoms with Gasteiger partial charge in [0.15, 0.2) is 0 Å². The SMILES string of the molecule is CCc1ccc([C@@H]2NCc3ccccc3-n3cccc32)cc1. The van der Waals surface area contributed by atoms with E-state index in [1.165, 1.54) is 28.1 Å². The molecule has 2 heterocycles. The molecule has 0 aliphatic carbocycles. The van der Waals surface area contributed by atoms with Crippen LogP contribution in [0.25, 0.3) is 5.69 Å². The smallest absolute Gasteiger partial charge is 0.0737 e. The number of benzene rings is 2. The molecule has 2 aromatic carbocycles. The number of hydrogen-bond donors (Lipinski definition) is 1. The van der Waals surface area contributed by atoms with Crippen LogP contribution in [0, 0.1) is 0 Å². The summed E-state index contributed by atoms with van der Waals surface area (Å²) in [5.41, 5.74) is 6.63. The average molecular weight is 288 g/mol. The Labute approximate surface area is 131 Å². The molecule has 0 radical (unpaired) electrons. The minimum atomic E-state index is 0.230. The number of hydrogen-bond acceptors (Lipinski definition) is 1. The van der Waals surface area contributed by atoms with Crippen LogP contribution >= 0.6 is 0 Å². The third kappa shape index (κ3) is 2.16. The molecule has 0 bridgehead atoms.